The first-order valence-corrected chi connectivity index (χ1v) is 7.65. The van der Waals surface area contributed by atoms with Crippen LogP contribution in [0.15, 0.2) is 30.3 Å². The highest BCUT2D eigenvalue weighted by Crippen LogP contribution is 2.23. The van der Waals surface area contributed by atoms with Gasteiger partial charge in [-0.1, -0.05) is 30.3 Å². The number of likely N-dealkylation sites (N-methyl/N-ethyl adjacent to an activating group) is 1. The fourth-order valence-corrected chi connectivity index (χ4v) is 2.76. The van der Waals surface area contributed by atoms with Crippen molar-refractivity contribution < 1.29 is 9.53 Å². The first-order chi connectivity index (χ1) is 10.6. The van der Waals surface area contributed by atoms with Crippen molar-refractivity contribution in [3.63, 3.8) is 0 Å². The van der Waals surface area contributed by atoms with Crippen LogP contribution in [0.25, 0.3) is 0 Å². The third-order valence-electron chi connectivity index (χ3n) is 3.89. The van der Waals surface area contributed by atoms with E-state index < -0.39 is 0 Å². The molecule has 1 aromatic carbocycles. The van der Waals surface area contributed by atoms with Gasteiger partial charge >= 0.3 is 0 Å². The van der Waals surface area contributed by atoms with Crippen LogP contribution < -0.4 is 0 Å². The van der Waals surface area contributed by atoms with Gasteiger partial charge in [0.25, 0.3) is 0 Å². The SMILES string of the molecule is C[C@H](C#N)CN(C)[C@@H](C(=O)N1CCOCC1)c1ccccc1. The Kier molecular flexibility index (Phi) is 5.93. The summed E-state index contributed by atoms with van der Waals surface area (Å²) in [5.41, 5.74) is 0.964. The van der Waals surface area contributed by atoms with E-state index in [0.29, 0.717) is 32.8 Å². The maximum absolute atomic E-state index is 13.0. The van der Waals surface area contributed by atoms with Crippen LogP contribution in [-0.2, 0) is 9.53 Å². The number of carbonyl (C=O) groups excluding carboxylic acids is 1. The van der Waals surface area contributed by atoms with E-state index in [2.05, 4.69) is 6.07 Å². The number of hydrogen-bond donors (Lipinski definition) is 0. The molecule has 0 aliphatic carbocycles. The maximum atomic E-state index is 13.0. The summed E-state index contributed by atoms with van der Waals surface area (Å²) in [4.78, 5) is 16.8. The van der Waals surface area contributed by atoms with Gasteiger partial charge in [-0.05, 0) is 19.5 Å². The summed E-state index contributed by atoms with van der Waals surface area (Å²) in [6.45, 7) is 4.87. The van der Waals surface area contributed by atoms with E-state index >= 15 is 0 Å². The van der Waals surface area contributed by atoms with E-state index in [4.69, 9.17) is 10.00 Å². The lowest BCUT2D eigenvalue weighted by atomic mass is 10.0. The largest absolute Gasteiger partial charge is 0.378 e. The van der Waals surface area contributed by atoms with Crippen LogP contribution in [0.5, 0.6) is 0 Å². The Morgan fingerprint density at radius 2 is 2.00 bits per heavy atom. The summed E-state index contributed by atoms with van der Waals surface area (Å²) in [6, 6.07) is 11.6. The highest BCUT2D eigenvalue weighted by molar-refractivity contribution is 5.83. The smallest absolute Gasteiger partial charge is 0.244 e. The zero-order valence-corrected chi connectivity index (χ0v) is 13.2. The summed E-state index contributed by atoms with van der Waals surface area (Å²) in [5, 5.41) is 9.03. The molecule has 5 nitrogen and oxygen atoms in total. The Morgan fingerprint density at radius 1 is 1.36 bits per heavy atom. The molecule has 1 aliphatic heterocycles. The number of morpholine rings is 1. The van der Waals surface area contributed by atoms with Crippen molar-refractivity contribution in [3.05, 3.63) is 35.9 Å². The Morgan fingerprint density at radius 3 is 2.59 bits per heavy atom. The molecule has 2 rings (SSSR count). The third kappa shape index (κ3) is 4.06. The van der Waals surface area contributed by atoms with Gasteiger partial charge in [-0.3, -0.25) is 9.69 Å². The molecule has 0 aromatic heterocycles. The number of rotatable bonds is 5. The number of ether oxygens (including phenoxy) is 1. The Hall–Kier alpha value is -1.90. The van der Waals surface area contributed by atoms with E-state index in [1.54, 1.807) is 0 Å². The molecule has 118 valence electrons. The molecule has 1 fully saturated rings. The molecule has 1 aromatic rings. The van der Waals surface area contributed by atoms with Gasteiger partial charge in [0, 0.05) is 19.6 Å². The van der Waals surface area contributed by atoms with Gasteiger partial charge in [-0.25, -0.2) is 0 Å². The third-order valence-corrected chi connectivity index (χ3v) is 3.89. The second kappa shape index (κ2) is 7.92. The molecule has 0 radical (unpaired) electrons. The van der Waals surface area contributed by atoms with Crippen molar-refractivity contribution in [2.75, 3.05) is 39.9 Å². The molecule has 22 heavy (non-hydrogen) atoms. The average molecular weight is 301 g/mol. The Bertz CT molecular complexity index is 520. The molecule has 0 N–H and O–H groups in total. The Balaban J connectivity index is 2.21. The average Bonchev–Trinajstić information content (AvgIpc) is 2.56. The fraction of sp³-hybridized carbons (Fsp3) is 0.529. The van der Waals surface area contributed by atoms with Crippen LogP contribution in [0.4, 0.5) is 0 Å². The van der Waals surface area contributed by atoms with Crippen molar-refractivity contribution in [2.24, 2.45) is 5.92 Å². The molecule has 1 heterocycles. The first kappa shape index (κ1) is 16.5. The number of carbonyl (C=O) groups is 1. The lowest BCUT2D eigenvalue weighted by Crippen LogP contribution is -2.47. The van der Waals surface area contributed by atoms with Crippen LogP contribution in [0.1, 0.15) is 18.5 Å². The minimum Gasteiger partial charge on any atom is -0.378 e. The summed E-state index contributed by atoms with van der Waals surface area (Å²) < 4.78 is 5.33. The molecule has 0 bridgehead atoms. The van der Waals surface area contributed by atoms with E-state index in [0.717, 1.165) is 5.56 Å². The van der Waals surface area contributed by atoms with E-state index in [1.807, 2.05) is 54.1 Å². The first-order valence-electron chi connectivity index (χ1n) is 7.65. The second-order valence-corrected chi connectivity index (χ2v) is 5.72. The van der Waals surface area contributed by atoms with Gasteiger partial charge in [0.15, 0.2) is 0 Å². The molecule has 1 saturated heterocycles. The molecule has 0 unspecified atom stereocenters. The van der Waals surface area contributed by atoms with Crippen LogP contribution in [0.3, 0.4) is 0 Å². The second-order valence-electron chi connectivity index (χ2n) is 5.72. The molecule has 1 aliphatic rings. The standard InChI is InChI=1S/C17H23N3O2/c1-14(12-18)13-19(2)16(15-6-4-3-5-7-15)17(21)20-8-10-22-11-9-20/h3-7,14,16H,8-11,13H2,1-2H3/t14-,16-/m1/s1. The van der Waals surface area contributed by atoms with Crippen LogP contribution in [0, 0.1) is 17.2 Å². The molecule has 2 atom stereocenters. The maximum Gasteiger partial charge on any atom is 0.244 e. The minimum absolute atomic E-state index is 0.0853. The molecule has 0 spiro atoms. The minimum atomic E-state index is -0.352. The van der Waals surface area contributed by atoms with Gasteiger partial charge < -0.3 is 9.64 Å². The predicted molar refractivity (Wildman–Crippen MR) is 84.0 cm³/mol. The molecular weight excluding hydrogens is 278 g/mol. The molecular formula is C17H23N3O2. The van der Waals surface area contributed by atoms with Crippen molar-refractivity contribution in [1.82, 2.24) is 9.80 Å². The van der Waals surface area contributed by atoms with Crippen molar-refractivity contribution >= 4 is 5.91 Å². The zero-order valence-electron chi connectivity index (χ0n) is 13.2. The van der Waals surface area contributed by atoms with Gasteiger partial charge in [-0.2, -0.15) is 5.26 Å². The summed E-state index contributed by atoms with van der Waals surface area (Å²) >= 11 is 0. The topological polar surface area (TPSA) is 56.6 Å². The van der Waals surface area contributed by atoms with E-state index in [-0.39, 0.29) is 17.9 Å². The molecule has 5 heteroatoms. The Labute approximate surface area is 132 Å². The van der Waals surface area contributed by atoms with Gasteiger partial charge in [0.1, 0.15) is 6.04 Å². The molecule has 0 saturated carbocycles. The number of nitriles is 1. The van der Waals surface area contributed by atoms with Crippen molar-refractivity contribution in [1.29, 1.82) is 5.26 Å². The number of benzene rings is 1. The summed E-state index contributed by atoms with van der Waals surface area (Å²) in [6.07, 6.45) is 0. The van der Waals surface area contributed by atoms with Gasteiger partial charge in [0.2, 0.25) is 5.91 Å². The van der Waals surface area contributed by atoms with E-state index in [1.165, 1.54) is 0 Å². The molecule has 1 amide bonds. The summed E-state index contributed by atoms with van der Waals surface area (Å²) in [7, 11) is 1.91. The number of nitrogens with zero attached hydrogens (tertiary/aromatic N) is 3. The lowest BCUT2D eigenvalue weighted by molar-refractivity contribution is -0.141. The highest BCUT2D eigenvalue weighted by Gasteiger charge is 2.30. The van der Waals surface area contributed by atoms with Crippen molar-refractivity contribution in [2.45, 2.75) is 13.0 Å². The van der Waals surface area contributed by atoms with Crippen LogP contribution in [-0.4, -0.2) is 55.6 Å². The highest BCUT2D eigenvalue weighted by atomic mass is 16.5. The quantitative estimate of drug-likeness (QED) is 0.830. The van der Waals surface area contributed by atoms with Crippen molar-refractivity contribution in [3.8, 4) is 6.07 Å². The zero-order chi connectivity index (χ0) is 15.9. The van der Waals surface area contributed by atoms with Gasteiger partial charge in [0.05, 0.1) is 25.2 Å². The fourth-order valence-electron chi connectivity index (χ4n) is 2.76. The summed E-state index contributed by atoms with van der Waals surface area (Å²) in [5.74, 6) is -0.0316. The van der Waals surface area contributed by atoms with Gasteiger partial charge in [-0.15, -0.1) is 0 Å². The monoisotopic (exact) mass is 301 g/mol. The lowest BCUT2D eigenvalue weighted by Gasteiger charge is -2.35. The number of amides is 1. The van der Waals surface area contributed by atoms with Crippen LogP contribution in [0.2, 0.25) is 0 Å². The normalized spacial score (nSPS) is 17.8. The predicted octanol–water partition coefficient (Wildman–Crippen LogP) is 1.68. The van der Waals surface area contributed by atoms with Crippen LogP contribution >= 0.6 is 0 Å². The number of hydrogen-bond acceptors (Lipinski definition) is 4. The van der Waals surface area contributed by atoms with E-state index in [9.17, 15) is 4.79 Å².